The second-order valence-electron chi connectivity index (χ2n) is 14.9. The van der Waals surface area contributed by atoms with E-state index in [9.17, 15) is 33.9 Å². The minimum Gasteiger partial charge on any atom is -0.381 e. The summed E-state index contributed by atoms with van der Waals surface area (Å²) < 4.78 is 0. The highest BCUT2D eigenvalue weighted by atomic mass is 16.3. The number of aliphatic hydroxyl groups excluding tert-OH is 1. The van der Waals surface area contributed by atoms with Crippen LogP contribution in [0, 0.1) is 23.7 Å². The predicted molar refractivity (Wildman–Crippen MR) is 202 cm³/mol. The van der Waals surface area contributed by atoms with Crippen LogP contribution in [0.1, 0.15) is 66.5 Å². The molecule has 0 radical (unpaired) electrons. The van der Waals surface area contributed by atoms with E-state index in [1.165, 1.54) is 0 Å². The number of hydrogen-bond donors (Lipinski definition) is 8. The highest BCUT2D eigenvalue weighted by molar-refractivity contribution is 5.95. The van der Waals surface area contributed by atoms with Gasteiger partial charge < -0.3 is 43.2 Å². The second kappa shape index (κ2) is 21.0. The molecule has 10 N–H and O–H groups in total. The Morgan fingerprint density at radius 1 is 0.528 bits per heavy atom. The molecule has 0 spiro atoms. The average Bonchev–Trinajstić information content (AvgIpc) is 3.10. The molecule has 0 saturated carbocycles. The lowest BCUT2D eigenvalue weighted by Crippen LogP contribution is -2.61. The van der Waals surface area contributed by atoms with Gasteiger partial charge in [-0.3, -0.25) is 28.8 Å². The zero-order valence-electron chi connectivity index (χ0n) is 32.1. The molecule has 0 saturated heterocycles. The first-order valence-electron chi connectivity index (χ1n) is 18.2. The topological polar surface area (TPSA) is 235 Å². The summed E-state index contributed by atoms with van der Waals surface area (Å²) in [5.74, 6) is -5.42. The molecule has 14 heteroatoms. The Kier molecular flexibility index (Phi) is 17.6. The van der Waals surface area contributed by atoms with E-state index >= 15 is 0 Å². The zero-order chi connectivity index (χ0) is 40.0. The molecule has 0 unspecified atom stereocenters. The van der Waals surface area contributed by atoms with Crippen LogP contribution in [0.25, 0.3) is 0 Å². The number of rotatable bonds is 20. The molecule has 0 bridgehead atoms. The number of nitrogens with one attached hydrogen (secondary N) is 5. The second-order valence-corrected chi connectivity index (χ2v) is 14.9. The van der Waals surface area contributed by atoms with Crippen molar-refractivity contribution in [3.8, 4) is 0 Å². The average molecular weight is 738 g/mol. The summed E-state index contributed by atoms with van der Waals surface area (Å²) in [5, 5.41) is 24.9. The SMILES string of the molecule is CC(C)[C@H](N)C(=O)N[C@H](C(=O)N[C@@H](Cc1ccccc1)[C@H](O)C(=O)N[C@H](Cc1ccccc1)C(=O)N[C@@H](C(=O)N[C@@H](C(N)=O)C(C)C)C(C)C)C(C)C. The fourth-order valence-electron chi connectivity index (χ4n) is 5.57. The number of benzene rings is 2. The first-order chi connectivity index (χ1) is 24.8. The molecule has 2 aromatic rings. The van der Waals surface area contributed by atoms with Gasteiger partial charge in [-0.2, -0.15) is 0 Å². The van der Waals surface area contributed by atoms with Crippen LogP contribution in [-0.4, -0.2) is 82.9 Å². The molecule has 6 amide bonds. The Labute approximate surface area is 313 Å². The fourth-order valence-corrected chi connectivity index (χ4v) is 5.57. The van der Waals surface area contributed by atoms with Gasteiger partial charge in [0, 0.05) is 6.42 Å². The first kappa shape index (κ1) is 44.3. The van der Waals surface area contributed by atoms with Crippen LogP contribution in [0.3, 0.4) is 0 Å². The summed E-state index contributed by atoms with van der Waals surface area (Å²) in [7, 11) is 0. The van der Waals surface area contributed by atoms with Crippen LogP contribution < -0.4 is 38.1 Å². The van der Waals surface area contributed by atoms with Gasteiger partial charge in [0.1, 0.15) is 24.2 Å². The fraction of sp³-hybridized carbons (Fsp3) is 0.538. The van der Waals surface area contributed by atoms with Crippen molar-refractivity contribution in [1.29, 1.82) is 0 Å². The quantitative estimate of drug-likeness (QED) is 0.0961. The first-order valence-corrected chi connectivity index (χ1v) is 18.2. The van der Waals surface area contributed by atoms with Crippen molar-refractivity contribution in [3.63, 3.8) is 0 Å². The van der Waals surface area contributed by atoms with Gasteiger partial charge in [0.25, 0.3) is 5.91 Å². The molecule has 0 aliphatic carbocycles. The summed E-state index contributed by atoms with van der Waals surface area (Å²) in [6, 6.07) is 11.4. The molecule has 0 heterocycles. The van der Waals surface area contributed by atoms with Gasteiger partial charge in [-0.15, -0.1) is 0 Å². The molecule has 0 aliphatic rings. The molecule has 292 valence electrons. The standard InChI is InChI=1S/C39H59N7O7/c1-21(2)29(40)36(50)46-31(23(5)6)37(51)42-27(19-25-15-11-9-12-16-25)33(47)39(53)43-28(20-26-17-13-10-14-18-26)35(49)45-32(24(7)8)38(52)44-30(22(3)4)34(41)48/h9-18,21-24,27-33,47H,19-20,40H2,1-8H3,(H2,41,48)(H,42,51)(H,43,53)(H,44,52)(H,45,49)(H,46,50)/t27-,28+,29-,30+,31-,32+,33-/m0/s1. The van der Waals surface area contributed by atoms with E-state index in [4.69, 9.17) is 11.5 Å². The van der Waals surface area contributed by atoms with Crippen molar-refractivity contribution in [2.45, 2.75) is 111 Å². The van der Waals surface area contributed by atoms with Crippen molar-refractivity contribution < 1.29 is 33.9 Å². The third-order valence-electron chi connectivity index (χ3n) is 8.98. The van der Waals surface area contributed by atoms with Crippen molar-refractivity contribution in [2.24, 2.45) is 35.1 Å². The number of carbonyl (C=O) groups excluding carboxylic acids is 6. The molecule has 0 aliphatic heterocycles. The summed E-state index contributed by atoms with van der Waals surface area (Å²) >= 11 is 0. The number of carbonyl (C=O) groups is 6. The van der Waals surface area contributed by atoms with Crippen LogP contribution >= 0.6 is 0 Å². The van der Waals surface area contributed by atoms with E-state index in [-0.39, 0.29) is 30.6 Å². The largest absolute Gasteiger partial charge is 0.381 e. The summed E-state index contributed by atoms with van der Waals surface area (Å²) in [4.78, 5) is 79.5. The lowest BCUT2D eigenvalue weighted by molar-refractivity contribution is -0.138. The van der Waals surface area contributed by atoms with Crippen LogP contribution in [0.5, 0.6) is 0 Å². The molecule has 2 aromatic carbocycles. The number of nitrogens with two attached hydrogens (primary N) is 2. The molecule has 14 nitrogen and oxygen atoms in total. The van der Waals surface area contributed by atoms with Crippen molar-refractivity contribution in [2.75, 3.05) is 0 Å². The Hall–Kier alpha value is -4.82. The Morgan fingerprint density at radius 3 is 1.38 bits per heavy atom. The highest BCUT2D eigenvalue weighted by Gasteiger charge is 2.36. The van der Waals surface area contributed by atoms with Gasteiger partial charge in [0.05, 0.1) is 12.1 Å². The maximum atomic E-state index is 13.9. The molecule has 0 fully saturated rings. The monoisotopic (exact) mass is 737 g/mol. The number of amides is 6. The number of aliphatic hydroxyl groups is 1. The maximum absolute atomic E-state index is 13.9. The minimum absolute atomic E-state index is 0.000739. The van der Waals surface area contributed by atoms with Crippen molar-refractivity contribution >= 4 is 35.4 Å². The van der Waals surface area contributed by atoms with E-state index in [1.54, 1.807) is 116 Å². The van der Waals surface area contributed by atoms with E-state index in [0.717, 1.165) is 0 Å². The Bertz CT molecular complexity index is 1520. The molecular formula is C39H59N7O7. The van der Waals surface area contributed by atoms with Gasteiger partial charge in [-0.25, -0.2) is 0 Å². The molecule has 7 atom stereocenters. The van der Waals surface area contributed by atoms with Crippen LogP contribution in [-0.2, 0) is 41.6 Å². The number of hydrogen-bond acceptors (Lipinski definition) is 8. The molecule has 0 aromatic heterocycles. The third-order valence-corrected chi connectivity index (χ3v) is 8.98. The van der Waals surface area contributed by atoms with Gasteiger partial charge in [0.15, 0.2) is 6.10 Å². The molecular weight excluding hydrogens is 678 g/mol. The third kappa shape index (κ3) is 13.9. The van der Waals surface area contributed by atoms with Gasteiger partial charge >= 0.3 is 0 Å². The van der Waals surface area contributed by atoms with Crippen molar-refractivity contribution in [1.82, 2.24) is 26.6 Å². The van der Waals surface area contributed by atoms with E-state index in [0.29, 0.717) is 11.1 Å². The van der Waals surface area contributed by atoms with Gasteiger partial charge in [-0.1, -0.05) is 116 Å². The smallest absolute Gasteiger partial charge is 0.251 e. The minimum atomic E-state index is -1.85. The van der Waals surface area contributed by atoms with E-state index < -0.39 is 83.7 Å². The molecule has 53 heavy (non-hydrogen) atoms. The molecule has 2 rings (SSSR count). The van der Waals surface area contributed by atoms with Crippen LogP contribution in [0.4, 0.5) is 0 Å². The zero-order valence-corrected chi connectivity index (χ0v) is 32.1. The summed E-state index contributed by atoms with van der Waals surface area (Å²) in [5.41, 5.74) is 12.9. The van der Waals surface area contributed by atoms with Gasteiger partial charge in [0.2, 0.25) is 29.5 Å². The lowest BCUT2D eigenvalue weighted by Gasteiger charge is -2.30. The highest BCUT2D eigenvalue weighted by Crippen LogP contribution is 2.13. The van der Waals surface area contributed by atoms with Crippen molar-refractivity contribution in [3.05, 3.63) is 71.8 Å². The lowest BCUT2D eigenvalue weighted by atomic mass is 9.96. The predicted octanol–water partition coefficient (Wildman–Crippen LogP) is 0.693. The number of primary amides is 1. The van der Waals surface area contributed by atoms with Crippen LogP contribution in [0.2, 0.25) is 0 Å². The summed E-state index contributed by atoms with van der Waals surface area (Å²) in [6.45, 7) is 13.9. The normalized spacial score (nSPS) is 15.4. The van der Waals surface area contributed by atoms with Crippen LogP contribution in [0.15, 0.2) is 60.7 Å². The van der Waals surface area contributed by atoms with Gasteiger partial charge in [-0.05, 0) is 41.2 Å². The maximum Gasteiger partial charge on any atom is 0.251 e. The van der Waals surface area contributed by atoms with E-state index in [2.05, 4.69) is 26.6 Å². The summed E-state index contributed by atoms with van der Waals surface area (Å²) in [6.07, 6.45) is -1.81. The Balaban J connectivity index is 2.41. The Morgan fingerprint density at radius 2 is 0.943 bits per heavy atom. The van der Waals surface area contributed by atoms with E-state index in [1.807, 2.05) is 0 Å².